The Morgan fingerprint density at radius 2 is 2.06 bits per heavy atom. The van der Waals surface area contributed by atoms with E-state index in [1.807, 2.05) is 23.0 Å². The van der Waals surface area contributed by atoms with Crippen molar-refractivity contribution >= 4 is 16.8 Å². The summed E-state index contributed by atoms with van der Waals surface area (Å²) in [6.45, 7) is 4.32. The molecule has 1 amide bonds. The van der Waals surface area contributed by atoms with Gasteiger partial charge in [-0.1, -0.05) is 17.6 Å². The smallest absolute Gasteiger partial charge is 0.258 e. The first kappa shape index (κ1) is 19.0. The lowest BCUT2D eigenvalue weighted by atomic mass is 9.82. The van der Waals surface area contributed by atoms with Gasteiger partial charge in [0, 0.05) is 35.4 Å². The van der Waals surface area contributed by atoms with Gasteiger partial charge in [-0.2, -0.15) is 10.1 Å². The number of aromatic nitrogens is 4. The summed E-state index contributed by atoms with van der Waals surface area (Å²) in [6.07, 6.45) is 6.94. The molecule has 8 heteroatoms. The summed E-state index contributed by atoms with van der Waals surface area (Å²) in [5, 5.41) is 9.91. The molecule has 3 aliphatic rings. The molecule has 1 aliphatic carbocycles. The van der Waals surface area contributed by atoms with Gasteiger partial charge < -0.3 is 14.2 Å². The number of carbonyl (C=O) groups excluding carboxylic acids is 1. The van der Waals surface area contributed by atoms with E-state index < -0.39 is 0 Å². The zero-order valence-corrected chi connectivity index (χ0v) is 17.7. The number of nitrogens with zero attached hydrogens (tertiary/aromatic N) is 5. The standard InChI is InChI=1S/C23H27N5O3/c1-14-9-16(7-8-27(14)23(29)15-3-2-4-15)21-25-22(31-26-21)17-5-6-18-11-24-28(20(18)10-17)19-12-30-13-19/h5-6,10-11,14-16,19H,2-4,7-9,12-13H2,1H3/t14-,16?/m0/s1. The predicted molar refractivity (Wildman–Crippen MR) is 113 cm³/mol. The van der Waals surface area contributed by atoms with Crippen LogP contribution in [0.15, 0.2) is 28.9 Å². The maximum Gasteiger partial charge on any atom is 0.258 e. The van der Waals surface area contributed by atoms with Crippen LogP contribution in [0.3, 0.4) is 0 Å². The summed E-state index contributed by atoms with van der Waals surface area (Å²) in [5.41, 5.74) is 1.96. The first-order chi connectivity index (χ1) is 15.2. The summed E-state index contributed by atoms with van der Waals surface area (Å²) in [5.74, 6) is 2.10. The van der Waals surface area contributed by atoms with Crippen molar-refractivity contribution in [2.24, 2.45) is 5.92 Å². The topological polar surface area (TPSA) is 86.3 Å². The van der Waals surface area contributed by atoms with Gasteiger partial charge in [-0.15, -0.1) is 0 Å². The molecule has 0 spiro atoms. The Balaban J connectivity index is 1.19. The largest absolute Gasteiger partial charge is 0.377 e. The molecule has 3 fully saturated rings. The van der Waals surface area contributed by atoms with Gasteiger partial charge in [-0.05, 0) is 44.7 Å². The van der Waals surface area contributed by atoms with Crippen molar-refractivity contribution in [3.8, 4) is 11.5 Å². The maximum atomic E-state index is 12.7. The third-order valence-electron chi connectivity index (χ3n) is 7.23. The SMILES string of the molecule is C[C@H]1CC(c2noc(-c3ccc4cnn(C5COC5)c4c3)n2)CCN1C(=O)C1CCC1. The zero-order chi connectivity index (χ0) is 20.9. The molecule has 8 nitrogen and oxygen atoms in total. The van der Waals surface area contributed by atoms with Crippen molar-refractivity contribution in [2.75, 3.05) is 19.8 Å². The minimum atomic E-state index is 0.212. The molecule has 4 heterocycles. The Labute approximate surface area is 180 Å². The molecule has 0 N–H and O–H groups in total. The number of fused-ring (bicyclic) bond motifs is 1. The fourth-order valence-electron chi connectivity index (χ4n) is 4.97. The van der Waals surface area contributed by atoms with Crippen LogP contribution in [-0.4, -0.2) is 56.5 Å². The van der Waals surface area contributed by atoms with E-state index in [9.17, 15) is 4.79 Å². The molecule has 1 aromatic carbocycles. The van der Waals surface area contributed by atoms with Crippen molar-refractivity contribution in [2.45, 2.75) is 57.0 Å². The second-order valence-electron chi connectivity index (χ2n) is 9.24. The van der Waals surface area contributed by atoms with E-state index in [0.717, 1.165) is 54.5 Å². The molecule has 162 valence electrons. The van der Waals surface area contributed by atoms with E-state index >= 15 is 0 Å². The minimum absolute atomic E-state index is 0.212. The molecule has 2 saturated heterocycles. The molecule has 1 unspecified atom stereocenters. The molecular formula is C23H27N5O3. The van der Waals surface area contributed by atoms with E-state index in [2.05, 4.69) is 28.1 Å². The summed E-state index contributed by atoms with van der Waals surface area (Å²) in [7, 11) is 0. The van der Waals surface area contributed by atoms with Crippen molar-refractivity contribution in [1.29, 1.82) is 0 Å². The zero-order valence-electron chi connectivity index (χ0n) is 17.7. The van der Waals surface area contributed by atoms with Crippen LogP contribution in [0.25, 0.3) is 22.4 Å². The molecule has 2 atom stereocenters. The van der Waals surface area contributed by atoms with E-state index in [1.165, 1.54) is 6.42 Å². The average molecular weight is 422 g/mol. The van der Waals surface area contributed by atoms with Gasteiger partial charge >= 0.3 is 0 Å². The van der Waals surface area contributed by atoms with Gasteiger partial charge in [0.05, 0.1) is 31.0 Å². The lowest BCUT2D eigenvalue weighted by Crippen LogP contribution is -2.48. The Morgan fingerprint density at radius 1 is 1.19 bits per heavy atom. The highest BCUT2D eigenvalue weighted by atomic mass is 16.5. The van der Waals surface area contributed by atoms with E-state index in [-0.39, 0.29) is 17.9 Å². The third kappa shape index (κ3) is 3.24. The molecule has 0 radical (unpaired) electrons. The third-order valence-corrected chi connectivity index (χ3v) is 7.23. The number of benzene rings is 1. The average Bonchev–Trinajstić information content (AvgIpc) is 3.33. The summed E-state index contributed by atoms with van der Waals surface area (Å²) in [6, 6.07) is 6.63. The predicted octanol–water partition coefficient (Wildman–Crippen LogP) is 3.55. The summed E-state index contributed by atoms with van der Waals surface area (Å²) in [4.78, 5) is 19.5. The fourth-order valence-corrected chi connectivity index (χ4v) is 4.97. The molecule has 2 aromatic heterocycles. The van der Waals surface area contributed by atoms with Crippen molar-refractivity contribution in [1.82, 2.24) is 24.8 Å². The number of hydrogen-bond donors (Lipinski definition) is 0. The first-order valence-electron chi connectivity index (χ1n) is 11.4. The number of ether oxygens (including phenoxy) is 1. The van der Waals surface area contributed by atoms with Gasteiger partial charge in [0.1, 0.15) is 0 Å². The second-order valence-corrected chi connectivity index (χ2v) is 9.24. The van der Waals surface area contributed by atoms with Gasteiger partial charge in [0.15, 0.2) is 5.82 Å². The summed E-state index contributed by atoms with van der Waals surface area (Å²) < 4.78 is 13.0. The van der Waals surface area contributed by atoms with E-state index in [0.29, 0.717) is 31.1 Å². The van der Waals surface area contributed by atoms with Gasteiger partial charge in [-0.25, -0.2) is 0 Å². The molecule has 3 aromatic rings. The highest BCUT2D eigenvalue weighted by Gasteiger charge is 2.36. The maximum absolute atomic E-state index is 12.7. The van der Waals surface area contributed by atoms with Crippen molar-refractivity contribution in [3.05, 3.63) is 30.2 Å². The minimum Gasteiger partial charge on any atom is -0.377 e. The Morgan fingerprint density at radius 3 is 2.77 bits per heavy atom. The normalized spacial score (nSPS) is 24.9. The molecule has 2 aliphatic heterocycles. The number of carbonyl (C=O) groups is 1. The second kappa shape index (κ2) is 7.44. The fraction of sp³-hybridized carbons (Fsp3) is 0.565. The van der Waals surface area contributed by atoms with Crippen molar-refractivity contribution in [3.63, 3.8) is 0 Å². The Hall–Kier alpha value is -2.74. The first-order valence-corrected chi connectivity index (χ1v) is 11.4. The van der Waals surface area contributed by atoms with Crippen LogP contribution in [0.4, 0.5) is 0 Å². The van der Waals surface area contributed by atoms with Crippen LogP contribution in [-0.2, 0) is 9.53 Å². The number of amides is 1. The van der Waals surface area contributed by atoms with Gasteiger partial charge in [-0.3, -0.25) is 9.48 Å². The van der Waals surface area contributed by atoms with Crippen molar-refractivity contribution < 1.29 is 14.1 Å². The molecule has 1 saturated carbocycles. The van der Waals surface area contributed by atoms with E-state index in [4.69, 9.17) is 14.2 Å². The van der Waals surface area contributed by atoms with E-state index in [1.54, 1.807) is 0 Å². The molecular weight excluding hydrogens is 394 g/mol. The summed E-state index contributed by atoms with van der Waals surface area (Å²) >= 11 is 0. The van der Waals surface area contributed by atoms with Crippen LogP contribution in [0.5, 0.6) is 0 Å². The quantitative estimate of drug-likeness (QED) is 0.640. The number of piperidine rings is 1. The van der Waals surface area contributed by atoms with Crippen LogP contribution in [0, 0.1) is 5.92 Å². The Kier molecular flexibility index (Phi) is 4.56. The molecule has 31 heavy (non-hydrogen) atoms. The monoisotopic (exact) mass is 421 g/mol. The van der Waals surface area contributed by atoms with Crippen LogP contribution in [0.2, 0.25) is 0 Å². The van der Waals surface area contributed by atoms with Crippen LogP contribution < -0.4 is 0 Å². The number of hydrogen-bond acceptors (Lipinski definition) is 6. The Bertz CT molecular complexity index is 1110. The lowest BCUT2D eigenvalue weighted by Gasteiger charge is -2.40. The van der Waals surface area contributed by atoms with Gasteiger partial charge in [0.2, 0.25) is 5.91 Å². The lowest BCUT2D eigenvalue weighted by molar-refractivity contribution is -0.141. The van der Waals surface area contributed by atoms with Crippen LogP contribution in [0.1, 0.15) is 56.8 Å². The number of rotatable bonds is 4. The molecule has 6 rings (SSSR count). The van der Waals surface area contributed by atoms with Gasteiger partial charge in [0.25, 0.3) is 5.89 Å². The molecule has 0 bridgehead atoms. The number of likely N-dealkylation sites (tertiary alicyclic amines) is 1. The van der Waals surface area contributed by atoms with Crippen LogP contribution >= 0.6 is 0 Å². The highest BCUT2D eigenvalue weighted by Crippen LogP contribution is 2.35. The highest BCUT2D eigenvalue weighted by molar-refractivity contribution is 5.83.